The minimum absolute atomic E-state index is 0.380. The average Bonchev–Trinajstić information content (AvgIpc) is 3.14. The molecule has 0 amide bonds. The summed E-state index contributed by atoms with van der Waals surface area (Å²) in [5.41, 5.74) is 0. The molecular weight excluding hydrogens is 252 g/mol. The van der Waals surface area contributed by atoms with E-state index in [-0.39, 0.29) is 5.25 Å². The van der Waals surface area contributed by atoms with Crippen molar-refractivity contribution in [3.05, 3.63) is 0 Å². The zero-order valence-corrected chi connectivity index (χ0v) is 12.3. The van der Waals surface area contributed by atoms with Crippen molar-refractivity contribution in [3.63, 3.8) is 0 Å². The van der Waals surface area contributed by atoms with Gasteiger partial charge in [0.2, 0.25) is 10.0 Å². The predicted molar refractivity (Wildman–Crippen MR) is 73.1 cm³/mol. The first-order chi connectivity index (χ1) is 8.56. The summed E-state index contributed by atoms with van der Waals surface area (Å²) in [5, 5.41) is 2.86. The molecule has 0 heterocycles. The van der Waals surface area contributed by atoms with Crippen molar-refractivity contribution in [3.8, 4) is 0 Å². The van der Waals surface area contributed by atoms with Gasteiger partial charge in [-0.15, -0.1) is 0 Å². The quantitative estimate of drug-likeness (QED) is 0.550. The van der Waals surface area contributed by atoms with Gasteiger partial charge in [0, 0.05) is 32.3 Å². The standard InChI is InChI=1S/C12H26N2O3S/c1-3-8-17-9-4-7-14-18(15,16)11(2)10-13-12-5-6-12/h11-14H,3-10H2,1-2H3. The maximum Gasteiger partial charge on any atom is 0.215 e. The highest BCUT2D eigenvalue weighted by Crippen LogP contribution is 2.18. The first-order valence-corrected chi connectivity index (χ1v) is 8.40. The van der Waals surface area contributed by atoms with Crippen LogP contribution in [0.15, 0.2) is 0 Å². The number of ether oxygens (including phenoxy) is 1. The first kappa shape index (κ1) is 15.9. The SMILES string of the molecule is CCCOCCCNS(=O)(=O)C(C)CNC1CC1. The largest absolute Gasteiger partial charge is 0.381 e. The number of hydrogen-bond donors (Lipinski definition) is 2. The second kappa shape index (κ2) is 8.09. The lowest BCUT2D eigenvalue weighted by atomic mass is 10.4. The van der Waals surface area contributed by atoms with Crippen LogP contribution in [0.1, 0.15) is 39.5 Å². The highest BCUT2D eigenvalue weighted by molar-refractivity contribution is 7.90. The topological polar surface area (TPSA) is 67.4 Å². The second-order valence-electron chi connectivity index (χ2n) is 4.90. The lowest BCUT2D eigenvalue weighted by Crippen LogP contribution is -2.40. The molecule has 1 aliphatic rings. The van der Waals surface area contributed by atoms with Crippen molar-refractivity contribution < 1.29 is 13.2 Å². The second-order valence-corrected chi connectivity index (χ2v) is 7.08. The Labute approximate surface area is 111 Å². The van der Waals surface area contributed by atoms with Gasteiger partial charge in [-0.3, -0.25) is 0 Å². The summed E-state index contributed by atoms with van der Waals surface area (Å²) in [6, 6.07) is 0.546. The van der Waals surface area contributed by atoms with Crippen molar-refractivity contribution in [2.75, 3.05) is 26.3 Å². The average molecular weight is 278 g/mol. The Hall–Kier alpha value is -0.170. The van der Waals surface area contributed by atoms with E-state index in [1.54, 1.807) is 6.92 Å². The molecule has 5 nitrogen and oxygen atoms in total. The minimum Gasteiger partial charge on any atom is -0.381 e. The molecule has 0 saturated heterocycles. The third-order valence-corrected chi connectivity index (χ3v) is 4.75. The van der Waals surface area contributed by atoms with Gasteiger partial charge < -0.3 is 10.1 Å². The Morgan fingerprint density at radius 2 is 2.06 bits per heavy atom. The summed E-state index contributed by atoms with van der Waals surface area (Å²) in [4.78, 5) is 0. The van der Waals surface area contributed by atoms with Gasteiger partial charge >= 0.3 is 0 Å². The highest BCUT2D eigenvalue weighted by atomic mass is 32.2. The van der Waals surface area contributed by atoms with E-state index in [4.69, 9.17) is 4.74 Å². The zero-order chi connectivity index (χ0) is 13.4. The summed E-state index contributed by atoms with van der Waals surface area (Å²) in [5.74, 6) is 0. The van der Waals surface area contributed by atoms with Crippen LogP contribution in [0.3, 0.4) is 0 Å². The molecule has 0 aliphatic heterocycles. The molecule has 18 heavy (non-hydrogen) atoms. The van der Waals surface area contributed by atoms with Gasteiger partial charge in [0.15, 0.2) is 0 Å². The third kappa shape index (κ3) is 6.68. The van der Waals surface area contributed by atoms with E-state index in [9.17, 15) is 8.42 Å². The molecule has 6 heteroatoms. The van der Waals surface area contributed by atoms with Crippen LogP contribution < -0.4 is 10.0 Å². The Morgan fingerprint density at radius 3 is 2.67 bits per heavy atom. The summed E-state index contributed by atoms with van der Waals surface area (Å²) < 4.78 is 31.7. The number of rotatable bonds is 11. The van der Waals surface area contributed by atoms with E-state index in [1.165, 1.54) is 12.8 Å². The van der Waals surface area contributed by atoms with Crippen molar-refractivity contribution in [1.29, 1.82) is 0 Å². The van der Waals surface area contributed by atoms with Crippen LogP contribution in [0.2, 0.25) is 0 Å². The van der Waals surface area contributed by atoms with E-state index in [1.807, 2.05) is 0 Å². The van der Waals surface area contributed by atoms with Crippen LogP contribution in [0.5, 0.6) is 0 Å². The molecule has 0 aromatic heterocycles. The Bertz CT molecular complexity index is 315. The highest BCUT2D eigenvalue weighted by Gasteiger charge is 2.25. The fourth-order valence-electron chi connectivity index (χ4n) is 1.51. The Morgan fingerprint density at radius 1 is 1.33 bits per heavy atom. The minimum atomic E-state index is -3.19. The third-order valence-electron chi connectivity index (χ3n) is 2.92. The molecule has 0 spiro atoms. The zero-order valence-electron chi connectivity index (χ0n) is 11.4. The maximum absolute atomic E-state index is 11.9. The van der Waals surface area contributed by atoms with Crippen LogP contribution in [0.4, 0.5) is 0 Å². The molecule has 0 aromatic carbocycles. The molecule has 1 fully saturated rings. The van der Waals surface area contributed by atoms with Gasteiger partial charge in [0.05, 0.1) is 5.25 Å². The van der Waals surface area contributed by atoms with Crippen molar-refractivity contribution in [2.24, 2.45) is 0 Å². The molecule has 1 atom stereocenters. The summed E-state index contributed by atoms with van der Waals surface area (Å²) in [6.07, 6.45) is 4.07. The van der Waals surface area contributed by atoms with E-state index in [0.717, 1.165) is 19.4 Å². The van der Waals surface area contributed by atoms with Gasteiger partial charge in [-0.05, 0) is 32.6 Å². The van der Waals surface area contributed by atoms with E-state index in [2.05, 4.69) is 17.0 Å². The van der Waals surface area contributed by atoms with Crippen LogP contribution >= 0.6 is 0 Å². The predicted octanol–water partition coefficient (Wildman–Crippen LogP) is 0.863. The summed E-state index contributed by atoms with van der Waals surface area (Å²) in [7, 11) is -3.19. The molecule has 1 unspecified atom stereocenters. The number of nitrogens with one attached hydrogen (secondary N) is 2. The lowest BCUT2D eigenvalue weighted by molar-refractivity contribution is 0.133. The van der Waals surface area contributed by atoms with E-state index in [0.29, 0.717) is 25.7 Å². The number of sulfonamides is 1. The van der Waals surface area contributed by atoms with Gasteiger partial charge in [-0.25, -0.2) is 13.1 Å². The summed E-state index contributed by atoms with van der Waals surface area (Å²) >= 11 is 0. The smallest absolute Gasteiger partial charge is 0.215 e. The van der Waals surface area contributed by atoms with Crippen LogP contribution in [0, 0.1) is 0 Å². The molecule has 0 bridgehead atoms. The molecule has 1 rings (SSSR count). The van der Waals surface area contributed by atoms with Gasteiger partial charge in [-0.2, -0.15) is 0 Å². The lowest BCUT2D eigenvalue weighted by Gasteiger charge is -2.14. The molecule has 0 aromatic rings. The fraction of sp³-hybridized carbons (Fsp3) is 1.00. The maximum atomic E-state index is 11.9. The number of hydrogen-bond acceptors (Lipinski definition) is 4. The molecule has 1 aliphatic carbocycles. The van der Waals surface area contributed by atoms with Crippen LogP contribution in [0.25, 0.3) is 0 Å². The van der Waals surface area contributed by atoms with Crippen molar-refractivity contribution in [2.45, 2.75) is 50.8 Å². The molecule has 1 saturated carbocycles. The fourth-order valence-corrected chi connectivity index (χ4v) is 2.54. The normalized spacial score (nSPS) is 17.9. The molecule has 108 valence electrons. The summed E-state index contributed by atoms with van der Waals surface area (Å²) in [6.45, 7) is 6.15. The van der Waals surface area contributed by atoms with Crippen LogP contribution in [-0.2, 0) is 14.8 Å². The van der Waals surface area contributed by atoms with Crippen molar-refractivity contribution >= 4 is 10.0 Å². The van der Waals surface area contributed by atoms with Crippen LogP contribution in [-0.4, -0.2) is 46.0 Å². The van der Waals surface area contributed by atoms with Gasteiger partial charge in [-0.1, -0.05) is 6.92 Å². The first-order valence-electron chi connectivity index (χ1n) is 6.86. The Kier molecular flexibility index (Phi) is 7.14. The molecule has 2 N–H and O–H groups in total. The van der Waals surface area contributed by atoms with E-state index < -0.39 is 10.0 Å². The van der Waals surface area contributed by atoms with Crippen molar-refractivity contribution in [1.82, 2.24) is 10.0 Å². The Balaban J connectivity index is 2.09. The van der Waals surface area contributed by atoms with Gasteiger partial charge in [0.25, 0.3) is 0 Å². The molecule has 0 radical (unpaired) electrons. The van der Waals surface area contributed by atoms with Gasteiger partial charge in [0.1, 0.15) is 0 Å². The monoisotopic (exact) mass is 278 g/mol. The molecular formula is C12H26N2O3S. The van der Waals surface area contributed by atoms with E-state index >= 15 is 0 Å².